The number of hydrogen-bond acceptors (Lipinski definition) is 2. The largest absolute Gasteiger partial charge is 0.369 e. The second-order valence-electron chi connectivity index (χ2n) is 5.71. The third-order valence-electron chi connectivity index (χ3n) is 4.05. The number of anilines is 1. The Bertz CT molecular complexity index is 632. The average molecular weight is 256 g/mol. The standard InChI is InChI=1S/C16H20N2O/c1-11-5-4-7-13(9-11)17-15-10-12-6-2-3-8-14(12)16(19)18-15/h2-3,6,8,10-11,13H,4-5,7,9H2,1H3,(H2,17,18,19). The molecule has 1 aromatic heterocycles. The molecule has 100 valence electrons. The first-order chi connectivity index (χ1) is 9.22. The average Bonchev–Trinajstić information content (AvgIpc) is 2.39. The van der Waals surface area contributed by atoms with Crippen molar-refractivity contribution in [3.63, 3.8) is 0 Å². The first-order valence-electron chi connectivity index (χ1n) is 7.11. The number of aromatic nitrogens is 1. The van der Waals surface area contributed by atoms with E-state index in [1.54, 1.807) is 0 Å². The topological polar surface area (TPSA) is 44.9 Å². The molecule has 3 rings (SSSR count). The Hall–Kier alpha value is -1.77. The zero-order chi connectivity index (χ0) is 13.2. The minimum absolute atomic E-state index is 0.00976. The van der Waals surface area contributed by atoms with Gasteiger partial charge in [0.2, 0.25) is 0 Å². The van der Waals surface area contributed by atoms with Gasteiger partial charge in [-0.15, -0.1) is 0 Å². The van der Waals surface area contributed by atoms with E-state index in [9.17, 15) is 4.79 Å². The normalized spacial score (nSPS) is 23.4. The van der Waals surface area contributed by atoms with Crippen LogP contribution in [0, 0.1) is 5.92 Å². The molecule has 0 aliphatic heterocycles. The molecule has 3 heteroatoms. The van der Waals surface area contributed by atoms with Crippen LogP contribution in [0.15, 0.2) is 35.1 Å². The number of benzene rings is 1. The molecule has 1 heterocycles. The molecule has 2 N–H and O–H groups in total. The lowest BCUT2D eigenvalue weighted by atomic mass is 9.87. The van der Waals surface area contributed by atoms with Gasteiger partial charge < -0.3 is 10.3 Å². The van der Waals surface area contributed by atoms with E-state index in [1.165, 1.54) is 25.7 Å². The summed E-state index contributed by atoms with van der Waals surface area (Å²) in [6.07, 6.45) is 4.98. The Morgan fingerprint density at radius 1 is 1.26 bits per heavy atom. The van der Waals surface area contributed by atoms with Crippen molar-refractivity contribution in [2.45, 2.75) is 38.6 Å². The minimum Gasteiger partial charge on any atom is -0.369 e. The summed E-state index contributed by atoms with van der Waals surface area (Å²) in [5, 5.41) is 5.24. The molecule has 1 saturated carbocycles. The summed E-state index contributed by atoms with van der Waals surface area (Å²) in [6.45, 7) is 2.30. The highest BCUT2D eigenvalue weighted by Crippen LogP contribution is 2.26. The lowest BCUT2D eigenvalue weighted by Crippen LogP contribution is -2.27. The van der Waals surface area contributed by atoms with E-state index in [0.29, 0.717) is 6.04 Å². The van der Waals surface area contributed by atoms with Crippen molar-refractivity contribution in [3.05, 3.63) is 40.7 Å². The molecule has 3 nitrogen and oxygen atoms in total. The van der Waals surface area contributed by atoms with Gasteiger partial charge in [-0.1, -0.05) is 38.0 Å². The first kappa shape index (κ1) is 12.3. The van der Waals surface area contributed by atoms with E-state index < -0.39 is 0 Å². The molecular formula is C16H20N2O. The van der Waals surface area contributed by atoms with E-state index in [2.05, 4.69) is 17.2 Å². The molecule has 0 spiro atoms. The predicted molar refractivity (Wildman–Crippen MR) is 79.6 cm³/mol. The van der Waals surface area contributed by atoms with Crippen LogP contribution in [-0.2, 0) is 0 Å². The third kappa shape index (κ3) is 2.65. The van der Waals surface area contributed by atoms with Gasteiger partial charge in [0.15, 0.2) is 0 Å². The molecule has 1 aliphatic carbocycles. The molecule has 2 unspecified atom stereocenters. The Labute approximate surface area is 113 Å². The van der Waals surface area contributed by atoms with E-state index in [0.717, 1.165) is 22.5 Å². The second kappa shape index (κ2) is 5.08. The van der Waals surface area contributed by atoms with Gasteiger partial charge in [-0.2, -0.15) is 0 Å². The molecule has 19 heavy (non-hydrogen) atoms. The van der Waals surface area contributed by atoms with Crippen LogP contribution in [0.3, 0.4) is 0 Å². The lowest BCUT2D eigenvalue weighted by Gasteiger charge is -2.28. The Kier molecular flexibility index (Phi) is 3.28. The number of fused-ring (bicyclic) bond motifs is 1. The van der Waals surface area contributed by atoms with Gasteiger partial charge in [0, 0.05) is 11.4 Å². The summed E-state index contributed by atoms with van der Waals surface area (Å²) in [4.78, 5) is 15.0. The van der Waals surface area contributed by atoms with Crippen molar-refractivity contribution in [3.8, 4) is 0 Å². The van der Waals surface area contributed by atoms with Crippen LogP contribution >= 0.6 is 0 Å². The SMILES string of the molecule is CC1CCCC(Nc2cc3ccccc3c(=O)[nH]2)C1. The zero-order valence-corrected chi connectivity index (χ0v) is 11.3. The van der Waals surface area contributed by atoms with Gasteiger partial charge in [0.05, 0.1) is 0 Å². The maximum absolute atomic E-state index is 12.0. The van der Waals surface area contributed by atoms with Crippen LogP contribution in [0.5, 0.6) is 0 Å². The maximum Gasteiger partial charge on any atom is 0.257 e. The van der Waals surface area contributed by atoms with E-state index in [1.807, 2.05) is 30.3 Å². The summed E-state index contributed by atoms with van der Waals surface area (Å²) >= 11 is 0. The van der Waals surface area contributed by atoms with Crippen LogP contribution < -0.4 is 10.9 Å². The second-order valence-corrected chi connectivity index (χ2v) is 5.71. The summed E-state index contributed by atoms with van der Waals surface area (Å²) < 4.78 is 0. The van der Waals surface area contributed by atoms with Crippen LogP contribution in [0.25, 0.3) is 10.8 Å². The van der Waals surface area contributed by atoms with Crippen LogP contribution in [0.4, 0.5) is 5.82 Å². The molecule has 0 bridgehead atoms. The van der Waals surface area contributed by atoms with Gasteiger partial charge in [0.1, 0.15) is 5.82 Å². The van der Waals surface area contributed by atoms with Crippen molar-refractivity contribution in [1.29, 1.82) is 0 Å². The minimum atomic E-state index is -0.00976. The highest BCUT2D eigenvalue weighted by molar-refractivity contribution is 5.83. The number of hydrogen-bond donors (Lipinski definition) is 2. The molecule has 1 fully saturated rings. The monoisotopic (exact) mass is 256 g/mol. The van der Waals surface area contributed by atoms with Gasteiger partial charge >= 0.3 is 0 Å². The molecular weight excluding hydrogens is 236 g/mol. The Morgan fingerprint density at radius 3 is 2.95 bits per heavy atom. The van der Waals surface area contributed by atoms with E-state index in [-0.39, 0.29) is 5.56 Å². The van der Waals surface area contributed by atoms with Gasteiger partial charge in [0.25, 0.3) is 5.56 Å². The lowest BCUT2D eigenvalue weighted by molar-refractivity contribution is 0.358. The van der Waals surface area contributed by atoms with Crippen LogP contribution in [0.1, 0.15) is 32.6 Å². The number of H-pyrrole nitrogens is 1. The quantitative estimate of drug-likeness (QED) is 0.863. The Balaban J connectivity index is 1.87. The third-order valence-corrected chi connectivity index (χ3v) is 4.05. The van der Waals surface area contributed by atoms with Crippen molar-refractivity contribution in [2.24, 2.45) is 5.92 Å². The molecule has 0 radical (unpaired) electrons. The van der Waals surface area contributed by atoms with E-state index in [4.69, 9.17) is 0 Å². The summed E-state index contributed by atoms with van der Waals surface area (Å²) in [7, 11) is 0. The number of nitrogens with one attached hydrogen (secondary N) is 2. The number of aromatic amines is 1. The van der Waals surface area contributed by atoms with Gasteiger partial charge in [-0.05, 0) is 36.3 Å². The molecule has 2 atom stereocenters. The van der Waals surface area contributed by atoms with Crippen LogP contribution in [-0.4, -0.2) is 11.0 Å². The highest BCUT2D eigenvalue weighted by Gasteiger charge is 2.18. The highest BCUT2D eigenvalue weighted by atomic mass is 16.1. The first-order valence-corrected chi connectivity index (χ1v) is 7.11. The molecule has 0 amide bonds. The fraction of sp³-hybridized carbons (Fsp3) is 0.438. The molecule has 0 saturated heterocycles. The van der Waals surface area contributed by atoms with Crippen molar-refractivity contribution < 1.29 is 0 Å². The number of pyridine rings is 1. The summed E-state index contributed by atoms with van der Waals surface area (Å²) in [5.41, 5.74) is -0.00976. The Morgan fingerprint density at radius 2 is 2.11 bits per heavy atom. The zero-order valence-electron chi connectivity index (χ0n) is 11.3. The summed E-state index contributed by atoms with van der Waals surface area (Å²) in [5.74, 6) is 1.63. The predicted octanol–water partition coefficient (Wildman–Crippen LogP) is 3.52. The fourth-order valence-corrected chi connectivity index (χ4v) is 3.07. The van der Waals surface area contributed by atoms with E-state index >= 15 is 0 Å². The fourth-order valence-electron chi connectivity index (χ4n) is 3.07. The maximum atomic E-state index is 12.0. The summed E-state index contributed by atoms with van der Waals surface area (Å²) in [6, 6.07) is 10.2. The van der Waals surface area contributed by atoms with Crippen molar-refractivity contribution in [2.75, 3.05) is 5.32 Å². The number of rotatable bonds is 2. The molecule has 2 aromatic rings. The smallest absolute Gasteiger partial charge is 0.257 e. The van der Waals surface area contributed by atoms with Gasteiger partial charge in [-0.25, -0.2) is 0 Å². The van der Waals surface area contributed by atoms with Crippen molar-refractivity contribution in [1.82, 2.24) is 4.98 Å². The van der Waals surface area contributed by atoms with Crippen LogP contribution in [0.2, 0.25) is 0 Å². The van der Waals surface area contributed by atoms with Crippen molar-refractivity contribution >= 4 is 16.6 Å². The molecule has 1 aromatic carbocycles. The van der Waals surface area contributed by atoms with Gasteiger partial charge in [-0.3, -0.25) is 4.79 Å². The molecule has 1 aliphatic rings.